The minimum Gasteiger partial charge on any atom is -0.494 e. The molecule has 2 rings (SSSR count). The van der Waals surface area contributed by atoms with Gasteiger partial charge in [0.2, 0.25) is 0 Å². The average molecular weight is 226 g/mol. The zero-order valence-corrected chi connectivity index (χ0v) is 9.34. The zero-order valence-electron chi connectivity index (χ0n) is 9.34. The molecular formula is C11H15FN2O2. The monoisotopic (exact) mass is 226 g/mol. The standard InChI is InChI=1S/C11H15FN2O2/c1-15-6-7-5-13-9-3-8(12)11(16-2)4-10(9)14-7/h3-4,7,13-14H,5-6H2,1-2H3. The molecule has 4 nitrogen and oxygen atoms in total. The highest BCUT2D eigenvalue weighted by molar-refractivity contribution is 5.73. The summed E-state index contributed by atoms with van der Waals surface area (Å²) >= 11 is 0. The predicted octanol–water partition coefficient (Wildman–Crippen LogP) is 1.69. The van der Waals surface area contributed by atoms with Crippen molar-refractivity contribution in [3.05, 3.63) is 17.9 Å². The van der Waals surface area contributed by atoms with Crippen molar-refractivity contribution in [3.8, 4) is 5.75 Å². The number of methoxy groups -OCH3 is 2. The number of hydrogen-bond acceptors (Lipinski definition) is 4. The predicted molar refractivity (Wildman–Crippen MR) is 60.7 cm³/mol. The van der Waals surface area contributed by atoms with E-state index >= 15 is 0 Å². The van der Waals surface area contributed by atoms with Crippen LogP contribution in [0.5, 0.6) is 5.75 Å². The lowest BCUT2D eigenvalue weighted by molar-refractivity contribution is 0.188. The van der Waals surface area contributed by atoms with E-state index < -0.39 is 0 Å². The van der Waals surface area contributed by atoms with Crippen LogP contribution in [0.4, 0.5) is 15.8 Å². The lowest BCUT2D eigenvalue weighted by Gasteiger charge is -2.28. The van der Waals surface area contributed by atoms with Crippen LogP contribution in [0.1, 0.15) is 0 Å². The molecule has 1 aromatic rings. The van der Waals surface area contributed by atoms with E-state index in [0.29, 0.717) is 13.2 Å². The summed E-state index contributed by atoms with van der Waals surface area (Å²) in [5, 5.41) is 6.42. The number of ether oxygens (including phenoxy) is 2. The molecule has 5 heteroatoms. The molecule has 0 aromatic heterocycles. The Labute approximate surface area is 93.7 Å². The minimum absolute atomic E-state index is 0.188. The van der Waals surface area contributed by atoms with Crippen LogP contribution < -0.4 is 15.4 Å². The van der Waals surface area contributed by atoms with Crippen LogP contribution in [0.3, 0.4) is 0 Å². The Morgan fingerprint density at radius 3 is 2.88 bits per heavy atom. The maximum absolute atomic E-state index is 13.4. The van der Waals surface area contributed by atoms with Crippen LogP contribution in [0.25, 0.3) is 0 Å². The van der Waals surface area contributed by atoms with E-state index in [2.05, 4.69) is 10.6 Å². The molecule has 1 unspecified atom stereocenters. The Hall–Kier alpha value is -1.49. The van der Waals surface area contributed by atoms with Crippen LogP contribution >= 0.6 is 0 Å². The van der Waals surface area contributed by atoms with Crippen molar-refractivity contribution in [2.24, 2.45) is 0 Å². The molecule has 0 saturated heterocycles. The fraction of sp³-hybridized carbons (Fsp3) is 0.455. The number of hydrogen-bond donors (Lipinski definition) is 2. The molecule has 0 spiro atoms. The van der Waals surface area contributed by atoms with E-state index in [1.54, 1.807) is 13.2 Å². The van der Waals surface area contributed by atoms with Gasteiger partial charge < -0.3 is 20.1 Å². The van der Waals surface area contributed by atoms with E-state index in [-0.39, 0.29) is 17.6 Å². The summed E-state index contributed by atoms with van der Waals surface area (Å²) in [7, 11) is 3.11. The van der Waals surface area contributed by atoms with Crippen molar-refractivity contribution in [2.45, 2.75) is 6.04 Å². The van der Waals surface area contributed by atoms with Gasteiger partial charge in [-0.15, -0.1) is 0 Å². The first-order chi connectivity index (χ1) is 7.74. The summed E-state index contributed by atoms with van der Waals surface area (Å²) in [5.74, 6) is -0.119. The normalized spacial score (nSPS) is 18.3. The van der Waals surface area contributed by atoms with Gasteiger partial charge in [0.15, 0.2) is 11.6 Å². The summed E-state index contributed by atoms with van der Waals surface area (Å²) in [6, 6.07) is 3.27. The molecule has 88 valence electrons. The van der Waals surface area contributed by atoms with Gasteiger partial charge in [-0.1, -0.05) is 0 Å². The summed E-state index contributed by atoms with van der Waals surface area (Å²) < 4.78 is 23.4. The number of halogens is 1. The molecule has 1 heterocycles. The molecule has 0 bridgehead atoms. The van der Waals surface area contributed by atoms with Crippen LogP contribution in [0.15, 0.2) is 12.1 Å². The van der Waals surface area contributed by atoms with Crippen LogP contribution in [-0.2, 0) is 4.74 Å². The highest BCUT2D eigenvalue weighted by Gasteiger charge is 2.19. The lowest BCUT2D eigenvalue weighted by atomic mass is 10.1. The fourth-order valence-corrected chi connectivity index (χ4v) is 1.78. The van der Waals surface area contributed by atoms with Crippen LogP contribution in [-0.4, -0.2) is 33.4 Å². The van der Waals surface area contributed by atoms with Crippen molar-refractivity contribution < 1.29 is 13.9 Å². The number of fused-ring (bicyclic) bond motifs is 1. The molecule has 1 aromatic carbocycles. The van der Waals surface area contributed by atoms with E-state index in [1.165, 1.54) is 13.2 Å². The molecule has 16 heavy (non-hydrogen) atoms. The lowest BCUT2D eigenvalue weighted by Crippen LogP contribution is -2.36. The van der Waals surface area contributed by atoms with E-state index in [1.807, 2.05) is 0 Å². The zero-order chi connectivity index (χ0) is 11.5. The van der Waals surface area contributed by atoms with Gasteiger partial charge in [-0.3, -0.25) is 0 Å². The molecule has 1 aliphatic heterocycles. The van der Waals surface area contributed by atoms with Gasteiger partial charge in [-0.05, 0) is 0 Å². The third-order valence-electron chi connectivity index (χ3n) is 2.56. The molecule has 0 aliphatic carbocycles. The van der Waals surface area contributed by atoms with Crippen molar-refractivity contribution in [3.63, 3.8) is 0 Å². The molecule has 1 aliphatic rings. The van der Waals surface area contributed by atoms with E-state index in [4.69, 9.17) is 9.47 Å². The quantitative estimate of drug-likeness (QED) is 0.823. The first-order valence-corrected chi connectivity index (χ1v) is 5.11. The van der Waals surface area contributed by atoms with Crippen molar-refractivity contribution >= 4 is 11.4 Å². The Bertz CT molecular complexity index is 384. The average Bonchev–Trinajstić information content (AvgIpc) is 2.29. The fourth-order valence-electron chi connectivity index (χ4n) is 1.78. The Kier molecular flexibility index (Phi) is 3.14. The Morgan fingerprint density at radius 1 is 1.38 bits per heavy atom. The van der Waals surface area contributed by atoms with Crippen molar-refractivity contribution in [1.82, 2.24) is 0 Å². The molecule has 0 radical (unpaired) electrons. The highest BCUT2D eigenvalue weighted by atomic mass is 19.1. The van der Waals surface area contributed by atoms with E-state index in [9.17, 15) is 4.39 Å². The van der Waals surface area contributed by atoms with Gasteiger partial charge in [0, 0.05) is 25.8 Å². The number of nitrogens with one attached hydrogen (secondary N) is 2. The maximum atomic E-state index is 13.4. The first-order valence-electron chi connectivity index (χ1n) is 5.11. The van der Waals surface area contributed by atoms with Gasteiger partial charge in [-0.2, -0.15) is 0 Å². The molecule has 0 amide bonds. The van der Waals surface area contributed by atoms with E-state index in [0.717, 1.165) is 11.4 Å². The van der Waals surface area contributed by atoms with Gasteiger partial charge >= 0.3 is 0 Å². The highest BCUT2D eigenvalue weighted by Crippen LogP contribution is 2.32. The Morgan fingerprint density at radius 2 is 2.19 bits per heavy atom. The van der Waals surface area contributed by atoms with Crippen LogP contribution in [0.2, 0.25) is 0 Å². The van der Waals surface area contributed by atoms with Crippen LogP contribution in [0, 0.1) is 5.82 Å². The molecule has 0 fully saturated rings. The molecule has 2 N–H and O–H groups in total. The first kappa shape index (κ1) is 11.0. The SMILES string of the molecule is COCC1CNc2cc(F)c(OC)cc2N1. The second-order valence-electron chi connectivity index (χ2n) is 3.71. The van der Waals surface area contributed by atoms with Gasteiger partial charge in [0.1, 0.15) is 0 Å². The number of benzene rings is 1. The smallest absolute Gasteiger partial charge is 0.167 e. The third-order valence-corrected chi connectivity index (χ3v) is 2.56. The second kappa shape index (κ2) is 4.57. The molecule has 1 atom stereocenters. The topological polar surface area (TPSA) is 42.5 Å². The van der Waals surface area contributed by atoms with Gasteiger partial charge in [0.25, 0.3) is 0 Å². The minimum atomic E-state index is -0.360. The summed E-state index contributed by atoms with van der Waals surface area (Å²) in [4.78, 5) is 0. The maximum Gasteiger partial charge on any atom is 0.167 e. The largest absolute Gasteiger partial charge is 0.494 e. The second-order valence-corrected chi connectivity index (χ2v) is 3.71. The summed E-state index contributed by atoms with van der Waals surface area (Å²) in [5.41, 5.74) is 1.59. The number of anilines is 2. The summed E-state index contributed by atoms with van der Waals surface area (Å²) in [6.07, 6.45) is 0. The van der Waals surface area contributed by atoms with Crippen molar-refractivity contribution in [1.29, 1.82) is 0 Å². The molecular weight excluding hydrogens is 211 g/mol. The third kappa shape index (κ3) is 2.04. The number of rotatable bonds is 3. The molecule has 0 saturated carbocycles. The van der Waals surface area contributed by atoms with Crippen molar-refractivity contribution in [2.75, 3.05) is 38.0 Å². The Balaban J connectivity index is 2.23. The van der Waals surface area contributed by atoms with Gasteiger partial charge in [-0.25, -0.2) is 4.39 Å². The summed E-state index contributed by atoms with van der Waals surface area (Å²) in [6.45, 7) is 1.32. The van der Waals surface area contributed by atoms with Gasteiger partial charge in [0.05, 0.1) is 31.1 Å².